The van der Waals surface area contributed by atoms with E-state index in [1.54, 1.807) is 21.3 Å². The molecule has 0 saturated heterocycles. The van der Waals surface area contributed by atoms with E-state index in [1.807, 2.05) is 43.5 Å². The van der Waals surface area contributed by atoms with Crippen LogP contribution in [0, 0.1) is 12.7 Å². The summed E-state index contributed by atoms with van der Waals surface area (Å²) in [6.45, 7) is 2.32. The summed E-state index contributed by atoms with van der Waals surface area (Å²) >= 11 is 6.03. The highest BCUT2D eigenvalue weighted by atomic mass is 35.5. The summed E-state index contributed by atoms with van der Waals surface area (Å²) < 4.78 is 16.9. The van der Waals surface area contributed by atoms with Crippen molar-refractivity contribution in [1.82, 2.24) is 29.4 Å². The van der Waals surface area contributed by atoms with Gasteiger partial charge in [0.15, 0.2) is 11.2 Å². The molecule has 0 atom stereocenters. The molecule has 34 heavy (non-hydrogen) atoms. The van der Waals surface area contributed by atoms with E-state index in [0.29, 0.717) is 29.2 Å². The molecular weight excluding hydrogens is 455 g/mol. The fraction of sp³-hybridized carbons (Fsp3) is 0.120. The van der Waals surface area contributed by atoms with Gasteiger partial charge in [0.2, 0.25) is 0 Å². The smallest absolute Gasteiger partial charge is 0.280 e. The summed E-state index contributed by atoms with van der Waals surface area (Å²) in [5, 5.41) is 14.7. The van der Waals surface area contributed by atoms with Crippen molar-refractivity contribution in [3.8, 4) is 11.1 Å². The number of hydrogen-bond acceptors (Lipinski definition) is 4. The second-order valence-electron chi connectivity index (χ2n) is 8.20. The van der Waals surface area contributed by atoms with Crippen molar-refractivity contribution in [3.05, 3.63) is 93.4 Å². The lowest BCUT2D eigenvalue weighted by Crippen LogP contribution is -2.22. The zero-order chi connectivity index (χ0) is 23.4. The van der Waals surface area contributed by atoms with E-state index in [2.05, 4.69) is 20.3 Å². The van der Waals surface area contributed by atoms with Gasteiger partial charge in [-0.25, -0.2) is 8.91 Å². The van der Waals surface area contributed by atoms with Crippen LogP contribution < -0.4 is 5.56 Å². The molecule has 0 fully saturated rings. The second kappa shape index (κ2) is 7.78. The van der Waals surface area contributed by atoms with E-state index in [9.17, 15) is 9.18 Å². The molecule has 0 spiro atoms. The Labute approximate surface area is 197 Å². The monoisotopic (exact) mass is 472 g/mol. The molecule has 0 bridgehead atoms. The number of benzene rings is 2. The summed E-state index contributed by atoms with van der Waals surface area (Å²) in [4.78, 5) is 16.3. The van der Waals surface area contributed by atoms with E-state index < -0.39 is 0 Å². The first kappa shape index (κ1) is 20.6. The molecule has 0 radical (unpaired) electrons. The quantitative estimate of drug-likeness (QED) is 0.394. The minimum Gasteiger partial charge on any atom is -0.361 e. The van der Waals surface area contributed by atoms with Crippen LogP contribution >= 0.6 is 11.6 Å². The van der Waals surface area contributed by atoms with Gasteiger partial charge < -0.3 is 9.55 Å². The summed E-state index contributed by atoms with van der Waals surface area (Å²) in [6, 6.07) is 13.9. The molecule has 4 aromatic heterocycles. The first-order valence-corrected chi connectivity index (χ1v) is 11.1. The topological polar surface area (TPSA) is 80.9 Å². The van der Waals surface area contributed by atoms with Crippen molar-refractivity contribution in [2.75, 3.05) is 0 Å². The third-order valence-electron chi connectivity index (χ3n) is 6.11. The van der Waals surface area contributed by atoms with Crippen LogP contribution in [0.2, 0.25) is 5.02 Å². The number of rotatable bonds is 4. The van der Waals surface area contributed by atoms with Gasteiger partial charge in [-0.05, 0) is 60.9 Å². The number of aromatic amines is 1. The molecule has 0 aliphatic heterocycles. The van der Waals surface area contributed by atoms with E-state index in [4.69, 9.17) is 11.6 Å². The number of hydrogen-bond donors (Lipinski definition) is 1. The van der Waals surface area contributed by atoms with Crippen LogP contribution in [-0.2, 0) is 13.0 Å². The first-order chi connectivity index (χ1) is 16.5. The maximum absolute atomic E-state index is 13.7. The lowest BCUT2D eigenvalue weighted by atomic mass is 10.1. The first-order valence-electron chi connectivity index (χ1n) is 10.8. The molecule has 0 unspecified atom stereocenters. The van der Waals surface area contributed by atoms with Gasteiger partial charge in [-0.3, -0.25) is 4.79 Å². The highest BCUT2D eigenvalue weighted by molar-refractivity contribution is 6.30. The molecule has 168 valence electrons. The molecule has 0 aliphatic carbocycles. The van der Waals surface area contributed by atoms with Gasteiger partial charge in [0.25, 0.3) is 5.56 Å². The van der Waals surface area contributed by atoms with Crippen molar-refractivity contribution in [1.29, 1.82) is 0 Å². The maximum atomic E-state index is 13.7. The highest BCUT2D eigenvalue weighted by Crippen LogP contribution is 2.29. The molecule has 4 heterocycles. The number of nitrogens with zero attached hydrogens (tertiary/aromatic N) is 5. The van der Waals surface area contributed by atoms with Gasteiger partial charge >= 0.3 is 0 Å². The zero-order valence-corrected chi connectivity index (χ0v) is 18.8. The molecule has 7 nitrogen and oxygen atoms in total. The van der Waals surface area contributed by atoms with Gasteiger partial charge in [0, 0.05) is 34.9 Å². The average molecular weight is 473 g/mol. The predicted molar refractivity (Wildman–Crippen MR) is 130 cm³/mol. The van der Waals surface area contributed by atoms with Crippen molar-refractivity contribution in [2.24, 2.45) is 0 Å². The average Bonchev–Trinajstić information content (AvgIpc) is 3.39. The van der Waals surface area contributed by atoms with Crippen LogP contribution in [0.25, 0.3) is 38.7 Å². The van der Waals surface area contributed by atoms with Crippen LogP contribution in [-0.4, -0.2) is 29.4 Å². The summed E-state index contributed by atoms with van der Waals surface area (Å²) in [5.74, 6) is -0.289. The third-order valence-corrected chi connectivity index (χ3v) is 6.36. The van der Waals surface area contributed by atoms with E-state index in [0.717, 1.165) is 33.3 Å². The van der Waals surface area contributed by atoms with Crippen molar-refractivity contribution < 1.29 is 4.39 Å². The van der Waals surface area contributed by atoms with Gasteiger partial charge in [-0.15, -0.1) is 10.2 Å². The molecule has 6 aromatic rings. The summed E-state index contributed by atoms with van der Waals surface area (Å²) in [6.07, 6.45) is 4.15. The van der Waals surface area contributed by atoms with Crippen molar-refractivity contribution in [3.63, 3.8) is 0 Å². The van der Waals surface area contributed by atoms with Crippen LogP contribution in [0.5, 0.6) is 0 Å². The van der Waals surface area contributed by atoms with Crippen LogP contribution in [0.3, 0.4) is 0 Å². The Hall–Kier alpha value is -4.04. The van der Waals surface area contributed by atoms with Gasteiger partial charge in [-0.2, -0.15) is 5.10 Å². The minimum atomic E-state index is -0.289. The fourth-order valence-electron chi connectivity index (χ4n) is 4.42. The van der Waals surface area contributed by atoms with Crippen LogP contribution in [0.1, 0.15) is 11.3 Å². The predicted octanol–water partition coefficient (Wildman–Crippen LogP) is 4.93. The Morgan fingerprint density at radius 3 is 2.74 bits per heavy atom. The number of aromatic nitrogens is 6. The SMILES string of the molecule is Cc1nn2c(nnc3c(=O)n(CCc4c[nH]c5ccc(F)cc45)ccc32)c1-c1ccc(Cl)cc1. The number of H-pyrrole nitrogens is 1. The van der Waals surface area contributed by atoms with Gasteiger partial charge in [0.1, 0.15) is 11.3 Å². The lowest BCUT2D eigenvalue weighted by molar-refractivity contribution is 0.629. The van der Waals surface area contributed by atoms with Gasteiger partial charge in [0.05, 0.1) is 11.3 Å². The molecule has 2 aromatic carbocycles. The fourth-order valence-corrected chi connectivity index (χ4v) is 4.55. The standard InChI is InChI=1S/C25H18ClFN6O/c1-14-22(15-2-4-17(26)5-3-15)24-30-29-23-21(33(24)31-14)9-11-32(25(23)34)10-8-16-13-28-20-7-6-18(27)12-19(16)20/h2-7,9,11-13,28H,8,10H2,1H3. The van der Waals surface area contributed by atoms with E-state index >= 15 is 0 Å². The highest BCUT2D eigenvalue weighted by Gasteiger charge is 2.17. The van der Waals surface area contributed by atoms with Crippen LogP contribution in [0.4, 0.5) is 4.39 Å². The summed E-state index contributed by atoms with van der Waals surface area (Å²) in [7, 11) is 0. The minimum absolute atomic E-state index is 0.241. The summed E-state index contributed by atoms with van der Waals surface area (Å²) in [5.41, 5.74) is 5.51. The van der Waals surface area contributed by atoms with Gasteiger partial charge in [-0.1, -0.05) is 23.7 Å². The molecule has 9 heteroatoms. The number of halogens is 2. The Bertz CT molecular complexity index is 1770. The zero-order valence-electron chi connectivity index (χ0n) is 18.1. The Kier molecular flexibility index (Phi) is 4.70. The lowest BCUT2D eigenvalue weighted by Gasteiger charge is -2.07. The molecule has 0 aliphatic rings. The number of nitrogens with one attached hydrogen (secondary N) is 1. The molecule has 0 saturated carbocycles. The number of pyridine rings is 1. The maximum Gasteiger partial charge on any atom is 0.280 e. The molecule has 6 rings (SSSR count). The third kappa shape index (κ3) is 3.26. The van der Waals surface area contributed by atoms with E-state index in [1.165, 1.54) is 12.1 Å². The number of fused-ring (bicyclic) bond motifs is 4. The van der Waals surface area contributed by atoms with Crippen molar-refractivity contribution >= 4 is 39.2 Å². The Morgan fingerprint density at radius 2 is 1.91 bits per heavy atom. The largest absolute Gasteiger partial charge is 0.361 e. The molecular formula is C25H18ClFN6O. The normalized spacial score (nSPS) is 11.7. The second-order valence-corrected chi connectivity index (χ2v) is 8.64. The molecule has 0 amide bonds. The Morgan fingerprint density at radius 1 is 1.09 bits per heavy atom. The number of aryl methyl sites for hydroxylation is 3. The van der Waals surface area contributed by atoms with Crippen molar-refractivity contribution in [2.45, 2.75) is 19.9 Å². The van der Waals surface area contributed by atoms with Crippen LogP contribution in [0.15, 0.2) is 65.7 Å². The van der Waals surface area contributed by atoms with E-state index in [-0.39, 0.29) is 16.9 Å². The molecule has 1 N–H and O–H groups in total. The Balaban J connectivity index is 1.39.